The zero-order chi connectivity index (χ0) is 15.2. The van der Waals surface area contributed by atoms with E-state index in [0.29, 0.717) is 19.6 Å². The third-order valence-corrected chi connectivity index (χ3v) is 4.05. The molecule has 1 rings (SSSR count). The molecule has 4 heteroatoms. The van der Waals surface area contributed by atoms with Crippen molar-refractivity contribution in [1.29, 1.82) is 0 Å². The van der Waals surface area contributed by atoms with Gasteiger partial charge in [0.2, 0.25) is 5.91 Å². The van der Waals surface area contributed by atoms with E-state index in [4.69, 9.17) is 10.8 Å². The van der Waals surface area contributed by atoms with Gasteiger partial charge in [0.25, 0.3) is 0 Å². The quantitative estimate of drug-likeness (QED) is 0.555. The van der Waals surface area contributed by atoms with E-state index in [0.717, 1.165) is 18.3 Å². The van der Waals surface area contributed by atoms with Crippen molar-refractivity contribution in [2.45, 2.75) is 27.2 Å². The Morgan fingerprint density at radius 1 is 1.45 bits per heavy atom. The fraction of sp³-hybridized carbons (Fsp3) is 0.562. The molecule has 0 aromatic rings. The van der Waals surface area contributed by atoms with Gasteiger partial charge in [0.15, 0.2) is 0 Å². The maximum atomic E-state index is 12.8. The molecule has 4 nitrogen and oxygen atoms in total. The van der Waals surface area contributed by atoms with Crippen LogP contribution in [0.4, 0.5) is 0 Å². The van der Waals surface area contributed by atoms with Gasteiger partial charge in [-0.1, -0.05) is 18.2 Å². The Kier molecular flexibility index (Phi) is 6.02. The molecule has 0 aromatic heterocycles. The summed E-state index contributed by atoms with van der Waals surface area (Å²) in [4.78, 5) is 14.7. The van der Waals surface area contributed by atoms with Gasteiger partial charge in [0, 0.05) is 13.1 Å². The third kappa shape index (κ3) is 2.96. The second-order valence-corrected chi connectivity index (χ2v) is 5.05. The summed E-state index contributed by atoms with van der Waals surface area (Å²) in [5, 5.41) is 8.86. The molecule has 1 amide bonds. The van der Waals surface area contributed by atoms with Crippen LogP contribution in [0, 0.1) is 11.3 Å². The smallest absolute Gasteiger partial charge is 0.233 e. The summed E-state index contributed by atoms with van der Waals surface area (Å²) in [6.07, 6.45) is 8.99. The third-order valence-electron chi connectivity index (χ3n) is 4.05. The average molecular weight is 278 g/mol. The Bertz CT molecular complexity index is 422. The minimum Gasteiger partial charge on any atom is -0.516 e. The lowest BCUT2D eigenvalue weighted by atomic mass is 9.90. The standard InChI is InChI=1S/C16H26N2O2/c1-4-8-13(9-7-10-19)16(11-14(16)12-17)15(20)18(5-2)6-3/h4,7-10,14,19H,5-6,11-12,17H2,1-3H3/b8-4-,10-7+,13-9+/t14-,16+/m1/s1. The Morgan fingerprint density at radius 2 is 2.10 bits per heavy atom. The number of nitrogens with two attached hydrogens (primary N) is 1. The molecule has 112 valence electrons. The van der Waals surface area contributed by atoms with Crippen molar-refractivity contribution < 1.29 is 9.90 Å². The van der Waals surface area contributed by atoms with Crippen LogP contribution in [0.2, 0.25) is 0 Å². The lowest BCUT2D eigenvalue weighted by Crippen LogP contribution is -2.39. The number of rotatable bonds is 7. The molecular formula is C16H26N2O2. The van der Waals surface area contributed by atoms with E-state index < -0.39 is 5.41 Å². The van der Waals surface area contributed by atoms with Gasteiger partial charge in [0.05, 0.1) is 11.7 Å². The van der Waals surface area contributed by atoms with Gasteiger partial charge >= 0.3 is 0 Å². The molecule has 1 saturated carbocycles. The minimum absolute atomic E-state index is 0.147. The highest BCUT2D eigenvalue weighted by Crippen LogP contribution is 2.58. The van der Waals surface area contributed by atoms with Gasteiger partial charge in [-0.25, -0.2) is 0 Å². The molecule has 0 saturated heterocycles. The number of hydrogen-bond acceptors (Lipinski definition) is 3. The second kappa shape index (κ2) is 7.29. The molecule has 1 fully saturated rings. The van der Waals surface area contributed by atoms with Crippen molar-refractivity contribution in [3.05, 3.63) is 36.1 Å². The van der Waals surface area contributed by atoms with E-state index in [1.165, 1.54) is 0 Å². The molecule has 1 aliphatic rings. The first-order valence-corrected chi connectivity index (χ1v) is 7.25. The highest BCUT2D eigenvalue weighted by atomic mass is 16.2. The van der Waals surface area contributed by atoms with Crippen molar-refractivity contribution in [1.82, 2.24) is 4.90 Å². The predicted molar refractivity (Wildman–Crippen MR) is 82.2 cm³/mol. The zero-order valence-electron chi connectivity index (χ0n) is 12.7. The number of amides is 1. The maximum Gasteiger partial charge on any atom is 0.233 e. The summed E-state index contributed by atoms with van der Waals surface area (Å²) in [5.41, 5.74) is 6.22. The van der Waals surface area contributed by atoms with Crippen LogP contribution < -0.4 is 5.73 Å². The summed E-state index contributed by atoms with van der Waals surface area (Å²) in [6.45, 7) is 7.81. The highest BCUT2D eigenvalue weighted by Gasteiger charge is 2.61. The van der Waals surface area contributed by atoms with E-state index in [-0.39, 0.29) is 11.8 Å². The number of aliphatic hydroxyl groups is 1. The van der Waals surface area contributed by atoms with Crippen LogP contribution in [0.25, 0.3) is 0 Å². The lowest BCUT2D eigenvalue weighted by Gasteiger charge is -2.27. The second-order valence-electron chi connectivity index (χ2n) is 5.05. The van der Waals surface area contributed by atoms with Gasteiger partial charge in [0.1, 0.15) is 0 Å². The van der Waals surface area contributed by atoms with E-state index in [1.54, 1.807) is 12.2 Å². The lowest BCUT2D eigenvalue weighted by molar-refractivity contribution is -0.135. The first-order valence-electron chi connectivity index (χ1n) is 7.25. The first-order chi connectivity index (χ1) is 9.62. The van der Waals surface area contributed by atoms with Crippen molar-refractivity contribution in [3.63, 3.8) is 0 Å². The number of carbonyl (C=O) groups is 1. The molecule has 0 spiro atoms. The van der Waals surface area contributed by atoms with Gasteiger partial charge in [-0.15, -0.1) is 0 Å². The van der Waals surface area contributed by atoms with Crippen LogP contribution in [0.3, 0.4) is 0 Å². The fourth-order valence-corrected chi connectivity index (χ4v) is 2.83. The van der Waals surface area contributed by atoms with Crippen LogP contribution in [-0.2, 0) is 4.79 Å². The Hall–Kier alpha value is -1.55. The summed E-state index contributed by atoms with van der Waals surface area (Å²) in [7, 11) is 0. The number of hydrogen-bond donors (Lipinski definition) is 2. The van der Waals surface area contributed by atoms with Crippen molar-refractivity contribution in [3.8, 4) is 0 Å². The van der Waals surface area contributed by atoms with Gasteiger partial charge in [-0.3, -0.25) is 4.79 Å². The number of aliphatic hydroxyl groups excluding tert-OH is 1. The van der Waals surface area contributed by atoms with Gasteiger partial charge in [-0.2, -0.15) is 0 Å². The summed E-state index contributed by atoms with van der Waals surface area (Å²) < 4.78 is 0. The minimum atomic E-state index is -0.507. The van der Waals surface area contributed by atoms with E-state index in [2.05, 4.69) is 0 Å². The van der Waals surface area contributed by atoms with Crippen LogP contribution in [-0.4, -0.2) is 35.5 Å². The Morgan fingerprint density at radius 3 is 2.50 bits per heavy atom. The fourth-order valence-electron chi connectivity index (χ4n) is 2.83. The first kappa shape index (κ1) is 16.5. The van der Waals surface area contributed by atoms with Crippen molar-refractivity contribution in [2.75, 3.05) is 19.6 Å². The largest absolute Gasteiger partial charge is 0.516 e. The SMILES string of the molecule is C\C=C/C(=C\C=C\O)[C@@]1(C(=O)N(CC)CC)C[C@@H]1CN. The molecule has 0 radical (unpaired) electrons. The molecule has 1 aliphatic carbocycles. The zero-order valence-corrected chi connectivity index (χ0v) is 12.7. The van der Waals surface area contributed by atoms with Crippen LogP contribution in [0.15, 0.2) is 36.1 Å². The van der Waals surface area contributed by atoms with Crippen LogP contribution >= 0.6 is 0 Å². The van der Waals surface area contributed by atoms with E-state index >= 15 is 0 Å². The van der Waals surface area contributed by atoms with Gasteiger partial charge in [-0.05, 0) is 51.3 Å². The highest BCUT2D eigenvalue weighted by molar-refractivity contribution is 5.90. The normalized spacial score (nSPS) is 26.4. The summed E-state index contributed by atoms with van der Waals surface area (Å²) in [5.74, 6) is 0.332. The van der Waals surface area contributed by atoms with Crippen LogP contribution in [0.1, 0.15) is 27.2 Å². The maximum absolute atomic E-state index is 12.8. The van der Waals surface area contributed by atoms with Crippen molar-refractivity contribution in [2.24, 2.45) is 17.1 Å². The molecule has 0 heterocycles. The number of allylic oxidation sites excluding steroid dienone is 4. The monoisotopic (exact) mass is 278 g/mol. The molecular weight excluding hydrogens is 252 g/mol. The molecule has 3 N–H and O–H groups in total. The Labute approximate surface area is 121 Å². The molecule has 0 aliphatic heterocycles. The van der Waals surface area contributed by atoms with E-state index in [1.807, 2.05) is 37.8 Å². The molecule has 0 aromatic carbocycles. The summed E-state index contributed by atoms with van der Waals surface area (Å²) >= 11 is 0. The molecule has 2 atom stereocenters. The molecule has 20 heavy (non-hydrogen) atoms. The predicted octanol–water partition coefficient (Wildman–Crippen LogP) is 2.39. The summed E-state index contributed by atoms with van der Waals surface area (Å²) in [6, 6.07) is 0. The molecule has 0 bridgehead atoms. The molecule has 0 unspecified atom stereocenters. The number of nitrogens with zero attached hydrogens (tertiary/aromatic N) is 1. The van der Waals surface area contributed by atoms with Gasteiger partial charge < -0.3 is 15.7 Å². The number of carbonyl (C=O) groups excluding carboxylic acids is 1. The van der Waals surface area contributed by atoms with Crippen LogP contribution in [0.5, 0.6) is 0 Å². The Balaban J connectivity index is 3.18. The topological polar surface area (TPSA) is 66.6 Å². The van der Waals surface area contributed by atoms with Crippen molar-refractivity contribution >= 4 is 5.91 Å². The van der Waals surface area contributed by atoms with E-state index in [9.17, 15) is 4.79 Å². The average Bonchev–Trinajstić information content (AvgIpc) is 3.20.